The standard InChI is InChI=1S/C10H16N2O/c1-8(13)10(2,7-11)9-5-3-4-6-12-9/h3-6,8,13H,7,11H2,1-2H3. The highest BCUT2D eigenvalue weighted by Gasteiger charge is 2.31. The zero-order valence-corrected chi connectivity index (χ0v) is 8.07. The third-order valence-electron chi connectivity index (χ3n) is 2.60. The van der Waals surface area contributed by atoms with Gasteiger partial charge in [-0.15, -0.1) is 0 Å². The molecule has 0 spiro atoms. The van der Waals surface area contributed by atoms with Crippen molar-refractivity contribution in [1.29, 1.82) is 0 Å². The first kappa shape index (κ1) is 10.2. The molecule has 0 saturated heterocycles. The van der Waals surface area contributed by atoms with Crippen LogP contribution in [0.15, 0.2) is 24.4 Å². The summed E-state index contributed by atoms with van der Waals surface area (Å²) < 4.78 is 0. The van der Waals surface area contributed by atoms with E-state index in [1.54, 1.807) is 13.1 Å². The minimum atomic E-state index is -0.493. The summed E-state index contributed by atoms with van der Waals surface area (Å²) in [7, 11) is 0. The van der Waals surface area contributed by atoms with Gasteiger partial charge in [0.2, 0.25) is 0 Å². The van der Waals surface area contributed by atoms with Gasteiger partial charge in [0.25, 0.3) is 0 Å². The van der Waals surface area contributed by atoms with Crippen LogP contribution in [0.4, 0.5) is 0 Å². The average molecular weight is 180 g/mol. The van der Waals surface area contributed by atoms with E-state index in [1.807, 2.05) is 25.1 Å². The number of pyridine rings is 1. The van der Waals surface area contributed by atoms with Gasteiger partial charge in [0.05, 0.1) is 11.8 Å². The lowest BCUT2D eigenvalue weighted by Crippen LogP contribution is -2.42. The van der Waals surface area contributed by atoms with E-state index < -0.39 is 11.5 Å². The molecule has 0 saturated carbocycles. The zero-order chi connectivity index (χ0) is 9.90. The number of hydrogen-bond acceptors (Lipinski definition) is 3. The van der Waals surface area contributed by atoms with Crippen molar-refractivity contribution in [2.24, 2.45) is 5.73 Å². The molecule has 1 rings (SSSR count). The molecule has 1 aromatic rings. The Hall–Kier alpha value is -0.930. The summed E-state index contributed by atoms with van der Waals surface area (Å²) >= 11 is 0. The van der Waals surface area contributed by atoms with Gasteiger partial charge in [-0.2, -0.15) is 0 Å². The summed E-state index contributed by atoms with van der Waals surface area (Å²) in [5.74, 6) is 0. The van der Waals surface area contributed by atoms with Crippen LogP contribution in [0.3, 0.4) is 0 Å². The lowest BCUT2D eigenvalue weighted by Gasteiger charge is -2.30. The zero-order valence-electron chi connectivity index (χ0n) is 8.07. The Bertz CT molecular complexity index is 261. The Morgan fingerprint density at radius 1 is 1.62 bits per heavy atom. The molecule has 1 heterocycles. The molecule has 3 heteroatoms. The Balaban J connectivity index is 3.03. The molecule has 0 aromatic carbocycles. The number of aliphatic hydroxyl groups is 1. The number of aliphatic hydroxyl groups excluding tert-OH is 1. The van der Waals surface area contributed by atoms with E-state index in [2.05, 4.69) is 4.98 Å². The van der Waals surface area contributed by atoms with Gasteiger partial charge in [0.15, 0.2) is 0 Å². The van der Waals surface area contributed by atoms with E-state index in [0.29, 0.717) is 6.54 Å². The van der Waals surface area contributed by atoms with Gasteiger partial charge in [-0.1, -0.05) is 13.0 Å². The highest BCUT2D eigenvalue weighted by atomic mass is 16.3. The Morgan fingerprint density at radius 3 is 2.69 bits per heavy atom. The van der Waals surface area contributed by atoms with E-state index in [0.717, 1.165) is 5.69 Å². The monoisotopic (exact) mass is 180 g/mol. The maximum atomic E-state index is 9.60. The molecule has 0 aliphatic carbocycles. The molecule has 2 atom stereocenters. The van der Waals surface area contributed by atoms with Crippen molar-refractivity contribution in [3.8, 4) is 0 Å². The van der Waals surface area contributed by atoms with Gasteiger partial charge >= 0.3 is 0 Å². The topological polar surface area (TPSA) is 59.1 Å². The average Bonchev–Trinajstić information content (AvgIpc) is 2.17. The lowest BCUT2D eigenvalue weighted by molar-refractivity contribution is 0.109. The molecule has 0 radical (unpaired) electrons. The summed E-state index contributed by atoms with van der Waals surface area (Å²) in [6.45, 7) is 4.04. The SMILES string of the molecule is CC(O)C(C)(CN)c1ccccn1. The first-order valence-electron chi connectivity index (χ1n) is 4.41. The Kier molecular flexibility index (Phi) is 3.01. The number of aromatic nitrogens is 1. The molecule has 0 amide bonds. The number of hydrogen-bond donors (Lipinski definition) is 2. The largest absolute Gasteiger partial charge is 0.392 e. The third-order valence-corrected chi connectivity index (χ3v) is 2.60. The molecular formula is C10H16N2O. The minimum Gasteiger partial charge on any atom is -0.392 e. The van der Waals surface area contributed by atoms with Crippen molar-refractivity contribution in [1.82, 2.24) is 4.98 Å². The van der Waals surface area contributed by atoms with E-state index in [-0.39, 0.29) is 0 Å². The first-order valence-corrected chi connectivity index (χ1v) is 4.41. The maximum Gasteiger partial charge on any atom is 0.0633 e. The van der Waals surface area contributed by atoms with Crippen LogP contribution >= 0.6 is 0 Å². The van der Waals surface area contributed by atoms with E-state index in [9.17, 15) is 5.11 Å². The van der Waals surface area contributed by atoms with E-state index in [4.69, 9.17) is 5.73 Å². The van der Waals surface area contributed by atoms with Crippen LogP contribution in [0, 0.1) is 0 Å². The smallest absolute Gasteiger partial charge is 0.0633 e. The van der Waals surface area contributed by atoms with E-state index >= 15 is 0 Å². The highest BCUT2D eigenvalue weighted by Crippen LogP contribution is 2.24. The van der Waals surface area contributed by atoms with Crippen molar-refractivity contribution >= 4 is 0 Å². The summed E-state index contributed by atoms with van der Waals surface area (Å²) in [6, 6.07) is 5.64. The third kappa shape index (κ3) is 1.87. The molecule has 72 valence electrons. The highest BCUT2D eigenvalue weighted by molar-refractivity contribution is 5.18. The van der Waals surface area contributed by atoms with Gasteiger partial charge in [0.1, 0.15) is 0 Å². The van der Waals surface area contributed by atoms with Crippen LogP contribution in [0.5, 0.6) is 0 Å². The van der Waals surface area contributed by atoms with E-state index in [1.165, 1.54) is 0 Å². The van der Waals surface area contributed by atoms with Gasteiger partial charge < -0.3 is 10.8 Å². The number of nitrogens with two attached hydrogens (primary N) is 1. The lowest BCUT2D eigenvalue weighted by atomic mass is 9.81. The second kappa shape index (κ2) is 3.85. The molecule has 13 heavy (non-hydrogen) atoms. The van der Waals surface area contributed by atoms with Crippen molar-refractivity contribution < 1.29 is 5.11 Å². The quantitative estimate of drug-likeness (QED) is 0.719. The van der Waals surface area contributed by atoms with Crippen molar-refractivity contribution in [2.45, 2.75) is 25.4 Å². The van der Waals surface area contributed by atoms with Gasteiger partial charge in [-0.25, -0.2) is 0 Å². The molecule has 0 bridgehead atoms. The summed E-state index contributed by atoms with van der Waals surface area (Å²) in [5, 5.41) is 9.60. The van der Waals surface area contributed by atoms with Gasteiger partial charge in [0, 0.05) is 18.2 Å². The van der Waals surface area contributed by atoms with Crippen molar-refractivity contribution in [2.75, 3.05) is 6.54 Å². The predicted molar refractivity (Wildman–Crippen MR) is 52.3 cm³/mol. The summed E-state index contributed by atoms with van der Waals surface area (Å²) in [5.41, 5.74) is 6.04. The van der Waals surface area contributed by atoms with Gasteiger partial charge in [-0.05, 0) is 19.1 Å². The summed E-state index contributed by atoms with van der Waals surface area (Å²) in [4.78, 5) is 4.20. The van der Waals surface area contributed by atoms with Crippen LogP contribution in [0.1, 0.15) is 19.5 Å². The van der Waals surface area contributed by atoms with Crippen LogP contribution in [0.25, 0.3) is 0 Å². The fourth-order valence-electron chi connectivity index (χ4n) is 1.19. The van der Waals surface area contributed by atoms with Crippen LogP contribution in [-0.2, 0) is 5.41 Å². The molecular weight excluding hydrogens is 164 g/mol. The van der Waals surface area contributed by atoms with Crippen molar-refractivity contribution in [3.63, 3.8) is 0 Å². The number of rotatable bonds is 3. The fraction of sp³-hybridized carbons (Fsp3) is 0.500. The second-order valence-corrected chi connectivity index (χ2v) is 3.51. The fourth-order valence-corrected chi connectivity index (χ4v) is 1.19. The molecule has 0 aliphatic rings. The second-order valence-electron chi connectivity index (χ2n) is 3.51. The first-order chi connectivity index (χ1) is 6.11. The molecule has 3 N–H and O–H groups in total. The van der Waals surface area contributed by atoms with Gasteiger partial charge in [-0.3, -0.25) is 4.98 Å². The maximum absolute atomic E-state index is 9.60. The molecule has 2 unspecified atom stereocenters. The molecule has 1 aromatic heterocycles. The normalized spacial score (nSPS) is 17.8. The Labute approximate surface area is 78.6 Å². The minimum absolute atomic E-state index is 0.391. The van der Waals surface area contributed by atoms with Crippen molar-refractivity contribution in [3.05, 3.63) is 30.1 Å². The van der Waals surface area contributed by atoms with Crippen LogP contribution in [-0.4, -0.2) is 22.7 Å². The Morgan fingerprint density at radius 2 is 2.31 bits per heavy atom. The molecule has 0 aliphatic heterocycles. The molecule has 0 fully saturated rings. The van der Waals surface area contributed by atoms with Crippen LogP contribution in [0.2, 0.25) is 0 Å². The molecule has 3 nitrogen and oxygen atoms in total. The predicted octanol–water partition coefficient (Wildman–Crippen LogP) is 0.679. The van der Waals surface area contributed by atoms with Crippen LogP contribution < -0.4 is 5.73 Å². The summed E-state index contributed by atoms with van der Waals surface area (Å²) in [6.07, 6.45) is 1.22. The number of nitrogens with zero attached hydrogens (tertiary/aromatic N) is 1.